The Morgan fingerprint density at radius 3 is 2.64 bits per heavy atom. The maximum absolute atomic E-state index is 12.7. The van der Waals surface area contributed by atoms with Crippen LogP contribution in [0.4, 0.5) is 16.2 Å². The molecule has 10 heteroatoms. The first-order chi connectivity index (χ1) is 13.4. The Balaban J connectivity index is 2.17. The zero-order chi connectivity index (χ0) is 20.6. The molecule has 8 nitrogen and oxygen atoms in total. The van der Waals surface area contributed by atoms with Crippen molar-refractivity contribution in [2.45, 2.75) is 31.1 Å². The van der Waals surface area contributed by atoms with Gasteiger partial charge in [-0.05, 0) is 30.0 Å². The van der Waals surface area contributed by atoms with Crippen LogP contribution in [0.1, 0.15) is 26.2 Å². The summed E-state index contributed by atoms with van der Waals surface area (Å²) in [5.41, 5.74) is 1.11. The lowest BCUT2D eigenvalue weighted by Gasteiger charge is -2.14. The zero-order valence-corrected chi connectivity index (χ0v) is 17.6. The van der Waals surface area contributed by atoms with E-state index in [2.05, 4.69) is 21.7 Å². The van der Waals surface area contributed by atoms with Gasteiger partial charge in [-0.2, -0.15) is 0 Å². The lowest BCUT2D eigenvalue weighted by molar-refractivity contribution is 0.122. The summed E-state index contributed by atoms with van der Waals surface area (Å²) >= 11 is 0.973. The van der Waals surface area contributed by atoms with Gasteiger partial charge >= 0.3 is 6.16 Å². The van der Waals surface area contributed by atoms with Crippen LogP contribution in [0.3, 0.4) is 0 Å². The van der Waals surface area contributed by atoms with Crippen LogP contribution in [-0.4, -0.2) is 35.3 Å². The normalized spacial score (nSPS) is 11.0. The fourth-order valence-electron chi connectivity index (χ4n) is 2.37. The molecule has 0 saturated heterocycles. The fraction of sp³-hybridized carbons (Fsp3) is 0.389. The van der Waals surface area contributed by atoms with Crippen molar-refractivity contribution in [3.8, 4) is 10.8 Å². The van der Waals surface area contributed by atoms with Crippen LogP contribution in [0.5, 0.6) is 10.8 Å². The molecular formula is C18H24N2O6S2. The minimum Gasteiger partial charge on any atom is -0.494 e. The number of rotatable bonds is 10. The topological polar surface area (TPSA) is 103 Å². The maximum Gasteiger partial charge on any atom is 0.514 e. The standard InChI is InChI=1S/C18H24N2O6S2/c1-4-5-6-10-19-13-7-8-14(15(12-13)24-2)20-28(22,23)16-9-11-27-17(16)26-18(21)25-3/h7-9,11-12,19-20H,4-6,10H2,1-3H3. The molecule has 0 aliphatic heterocycles. The summed E-state index contributed by atoms with van der Waals surface area (Å²) in [4.78, 5) is 11.1. The van der Waals surface area contributed by atoms with Gasteiger partial charge in [0.1, 0.15) is 10.6 Å². The molecule has 0 aliphatic rings. The highest BCUT2D eigenvalue weighted by molar-refractivity contribution is 7.93. The van der Waals surface area contributed by atoms with E-state index in [1.807, 2.05) is 0 Å². The highest BCUT2D eigenvalue weighted by atomic mass is 32.2. The van der Waals surface area contributed by atoms with Crippen molar-refractivity contribution >= 4 is 38.9 Å². The van der Waals surface area contributed by atoms with Crippen molar-refractivity contribution in [1.82, 2.24) is 0 Å². The largest absolute Gasteiger partial charge is 0.514 e. The average Bonchev–Trinajstić information content (AvgIpc) is 3.15. The number of carbonyl (C=O) groups excluding carboxylic acids is 1. The summed E-state index contributed by atoms with van der Waals surface area (Å²) in [5, 5.41) is 4.71. The van der Waals surface area contributed by atoms with Gasteiger partial charge in [0.05, 0.1) is 19.9 Å². The minimum absolute atomic E-state index is 0.0764. The predicted molar refractivity (Wildman–Crippen MR) is 109 cm³/mol. The number of benzene rings is 1. The molecule has 154 valence electrons. The predicted octanol–water partition coefficient (Wildman–Crippen LogP) is 4.30. The molecule has 1 heterocycles. The van der Waals surface area contributed by atoms with Crippen molar-refractivity contribution in [3.63, 3.8) is 0 Å². The van der Waals surface area contributed by atoms with Gasteiger partial charge in [-0.15, -0.1) is 11.3 Å². The van der Waals surface area contributed by atoms with Gasteiger partial charge in [-0.25, -0.2) is 13.2 Å². The Morgan fingerprint density at radius 1 is 1.18 bits per heavy atom. The second-order valence-electron chi connectivity index (χ2n) is 5.78. The van der Waals surface area contributed by atoms with Crippen LogP contribution >= 0.6 is 11.3 Å². The molecule has 1 aromatic heterocycles. The van der Waals surface area contributed by atoms with Crippen molar-refractivity contribution in [1.29, 1.82) is 0 Å². The Labute approximate surface area is 168 Å². The molecule has 2 aromatic rings. The van der Waals surface area contributed by atoms with E-state index in [1.165, 1.54) is 18.6 Å². The number of sulfonamides is 1. The summed E-state index contributed by atoms with van der Waals surface area (Å²) in [6.45, 7) is 2.96. The summed E-state index contributed by atoms with van der Waals surface area (Å²) in [6.07, 6.45) is 2.33. The van der Waals surface area contributed by atoms with Gasteiger partial charge in [0, 0.05) is 18.3 Å². The van der Waals surface area contributed by atoms with E-state index < -0.39 is 16.2 Å². The number of carbonyl (C=O) groups is 1. The molecule has 2 N–H and O–H groups in total. The van der Waals surface area contributed by atoms with Gasteiger partial charge in [-0.1, -0.05) is 19.8 Å². The third-order valence-corrected chi connectivity index (χ3v) is 6.09. The number of unbranched alkanes of at least 4 members (excludes halogenated alkanes) is 2. The molecule has 0 spiro atoms. The van der Waals surface area contributed by atoms with Crippen LogP contribution in [0.2, 0.25) is 0 Å². The Morgan fingerprint density at radius 2 is 1.96 bits per heavy atom. The first kappa shape index (κ1) is 21.8. The number of nitrogens with one attached hydrogen (secondary N) is 2. The van der Waals surface area contributed by atoms with Crippen molar-refractivity contribution < 1.29 is 27.4 Å². The molecule has 0 atom stereocenters. The summed E-state index contributed by atoms with van der Waals surface area (Å²) < 4.78 is 42.6. The molecule has 28 heavy (non-hydrogen) atoms. The highest BCUT2D eigenvalue weighted by Gasteiger charge is 2.24. The number of hydrogen-bond donors (Lipinski definition) is 2. The van der Waals surface area contributed by atoms with E-state index in [-0.39, 0.29) is 15.6 Å². The van der Waals surface area contributed by atoms with Crippen molar-refractivity contribution in [3.05, 3.63) is 29.6 Å². The van der Waals surface area contributed by atoms with Gasteiger partial charge in [0.25, 0.3) is 10.0 Å². The van der Waals surface area contributed by atoms with E-state index in [4.69, 9.17) is 9.47 Å². The van der Waals surface area contributed by atoms with Gasteiger partial charge in [0.15, 0.2) is 0 Å². The Kier molecular flexibility index (Phi) is 7.94. The Bertz CT molecular complexity index is 895. The van der Waals surface area contributed by atoms with Crippen molar-refractivity contribution in [2.75, 3.05) is 30.8 Å². The molecule has 2 rings (SSSR count). The number of methoxy groups -OCH3 is 2. The van der Waals surface area contributed by atoms with Crippen LogP contribution in [0.15, 0.2) is 34.5 Å². The van der Waals surface area contributed by atoms with Crippen LogP contribution in [-0.2, 0) is 14.8 Å². The average molecular weight is 429 g/mol. The third kappa shape index (κ3) is 5.77. The third-order valence-electron chi connectivity index (χ3n) is 3.78. The maximum atomic E-state index is 12.7. The fourth-order valence-corrected chi connectivity index (χ4v) is 4.63. The van der Waals surface area contributed by atoms with Gasteiger partial charge < -0.3 is 19.5 Å². The van der Waals surface area contributed by atoms with E-state index >= 15 is 0 Å². The molecular weight excluding hydrogens is 404 g/mol. The van der Waals surface area contributed by atoms with Gasteiger partial charge in [-0.3, -0.25) is 4.72 Å². The SMILES string of the molecule is CCCCCNc1ccc(NS(=O)(=O)c2ccsc2OC(=O)OC)c(OC)c1. The lowest BCUT2D eigenvalue weighted by Crippen LogP contribution is -2.15. The molecule has 1 aromatic carbocycles. The van der Waals surface area contributed by atoms with E-state index in [9.17, 15) is 13.2 Å². The first-order valence-corrected chi connectivity index (χ1v) is 11.1. The lowest BCUT2D eigenvalue weighted by atomic mass is 10.2. The summed E-state index contributed by atoms with van der Waals surface area (Å²) in [6, 6.07) is 6.46. The second-order valence-corrected chi connectivity index (χ2v) is 8.31. The molecule has 0 bridgehead atoms. The molecule has 0 radical (unpaired) electrons. The van der Waals surface area contributed by atoms with Gasteiger partial charge in [0.2, 0.25) is 5.06 Å². The zero-order valence-electron chi connectivity index (χ0n) is 16.0. The first-order valence-electron chi connectivity index (χ1n) is 8.69. The second kappa shape index (κ2) is 10.2. The Hall–Kier alpha value is -2.46. The number of ether oxygens (including phenoxy) is 3. The monoisotopic (exact) mass is 428 g/mol. The summed E-state index contributed by atoms with van der Waals surface area (Å²) in [5.74, 6) is 0.370. The number of thiophene rings is 1. The molecule has 0 amide bonds. The molecule has 0 aliphatic carbocycles. The minimum atomic E-state index is -4.00. The highest BCUT2D eigenvalue weighted by Crippen LogP contribution is 2.35. The number of anilines is 2. The van der Waals surface area contributed by atoms with E-state index in [1.54, 1.807) is 18.2 Å². The van der Waals surface area contributed by atoms with Crippen LogP contribution in [0.25, 0.3) is 0 Å². The molecule has 0 fully saturated rings. The van der Waals surface area contributed by atoms with Crippen LogP contribution < -0.4 is 19.5 Å². The van der Waals surface area contributed by atoms with Crippen molar-refractivity contribution in [2.24, 2.45) is 0 Å². The van der Waals surface area contributed by atoms with Crippen LogP contribution in [0, 0.1) is 0 Å². The van der Waals surface area contributed by atoms with E-state index in [0.717, 1.165) is 49.9 Å². The molecule has 0 unspecified atom stereocenters. The number of hydrogen-bond acceptors (Lipinski definition) is 8. The van der Waals surface area contributed by atoms with E-state index in [0.29, 0.717) is 5.75 Å². The molecule has 0 saturated carbocycles. The summed E-state index contributed by atoms with van der Waals surface area (Å²) in [7, 11) is -1.39. The smallest absolute Gasteiger partial charge is 0.494 e. The quantitative estimate of drug-likeness (QED) is 0.429.